The number of rotatable bonds is 8. The summed E-state index contributed by atoms with van der Waals surface area (Å²) in [6.07, 6.45) is 1.69. The summed E-state index contributed by atoms with van der Waals surface area (Å²) >= 11 is 0. The van der Waals surface area contributed by atoms with Crippen LogP contribution in [-0.2, 0) is 21.2 Å². The zero-order chi connectivity index (χ0) is 21.6. The Bertz CT molecular complexity index is 823. The molecule has 1 aromatic heterocycles. The van der Waals surface area contributed by atoms with Crippen molar-refractivity contribution in [3.8, 4) is 0 Å². The van der Waals surface area contributed by atoms with Crippen LogP contribution in [0.2, 0.25) is 0 Å². The number of carbonyl (C=O) groups is 1. The van der Waals surface area contributed by atoms with Crippen LogP contribution in [0.1, 0.15) is 58.3 Å². The van der Waals surface area contributed by atoms with Crippen molar-refractivity contribution in [1.29, 1.82) is 0 Å². The smallest absolute Gasteiger partial charge is 0.410 e. The summed E-state index contributed by atoms with van der Waals surface area (Å²) in [5.41, 5.74) is 2.43. The van der Waals surface area contributed by atoms with Gasteiger partial charge in [-0.2, -0.15) is 0 Å². The highest BCUT2D eigenvalue weighted by atomic mass is 32.2. The molecule has 0 aromatic carbocycles. The van der Waals surface area contributed by atoms with Crippen LogP contribution in [0.15, 0.2) is 24.8 Å². The van der Waals surface area contributed by atoms with Crippen LogP contribution < -0.4 is 4.72 Å². The van der Waals surface area contributed by atoms with E-state index in [0.29, 0.717) is 32.2 Å². The highest BCUT2D eigenvalue weighted by Gasteiger charge is 2.37. The van der Waals surface area contributed by atoms with Crippen molar-refractivity contribution in [3.63, 3.8) is 0 Å². The Labute approximate surface area is 174 Å². The molecule has 0 saturated carbocycles. The van der Waals surface area contributed by atoms with Gasteiger partial charge in [-0.25, -0.2) is 17.9 Å². The number of hydrogen-bond acceptors (Lipinski definition) is 5. The number of aromatic nitrogens is 1. The quantitative estimate of drug-likeness (QED) is 0.693. The molecule has 7 nitrogen and oxygen atoms in total. The summed E-state index contributed by atoms with van der Waals surface area (Å²) in [6.45, 7) is 11.8. The lowest BCUT2D eigenvalue weighted by molar-refractivity contribution is 0.0459. The number of pyridine rings is 1. The predicted molar refractivity (Wildman–Crippen MR) is 115 cm³/mol. The summed E-state index contributed by atoms with van der Waals surface area (Å²) in [5.74, 6) is 0.0655. The molecular formula is C21H33N3O4S. The first kappa shape index (κ1) is 23.3. The highest BCUT2D eigenvalue weighted by Crippen LogP contribution is 2.24. The van der Waals surface area contributed by atoms with Crippen molar-refractivity contribution in [2.24, 2.45) is 0 Å². The average Bonchev–Trinajstić information content (AvgIpc) is 2.62. The van der Waals surface area contributed by atoms with Gasteiger partial charge in [0.1, 0.15) is 0 Å². The SMILES string of the molecule is C=C(C)c1cccc(C[C@@H]2[C@H](NS(=O)(=O)CCC)CCCN2C(=O)OC(C)C)n1. The largest absolute Gasteiger partial charge is 0.447 e. The van der Waals surface area contributed by atoms with Crippen molar-refractivity contribution in [2.75, 3.05) is 12.3 Å². The lowest BCUT2D eigenvalue weighted by Crippen LogP contribution is -2.58. The zero-order valence-electron chi connectivity index (χ0n) is 17.8. The summed E-state index contributed by atoms with van der Waals surface area (Å²) in [4.78, 5) is 19.0. The van der Waals surface area contributed by atoms with Crippen LogP contribution in [0.4, 0.5) is 4.79 Å². The molecule has 2 rings (SSSR count). The molecule has 29 heavy (non-hydrogen) atoms. The van der Waals surface area contributed by atoms with E-state index in [1.807, 2.05) is 32.0 Å². The maximum Gasteiger partial charge on any atom is 0.410 e. The molecule has 0 spiro atoms. The van der Waals surface area contributed by atoms with Gasteiger partial charge in [-0.15, -0.1) is 0 Å². The number of piperidine rings is 1. The number of nitrogens with zero attached hydrogens (tertiary/aromatic N) is 2. The third-order valence-corrected chi connectivity index (χ3v) is 6.42. The van der Waals surface area contributed by atoms with E-state index in [1.54, 1.807) is 18.7 Å². The second-order valence-electron chi connectivity index (χ2n) is 7.88. The fourth-order valence-electron chi connectivity index (χ4n) is 3.55. The van der Waals surface area contributed by atoms with Crippen LogP contribution >= 0.6 is 0 Å². The minimum Gasteiger partial charge on any atom is -0.447 e. The van der Waals surface area contributed by atoms with Crippen molar-refractivity contribution < 1.29 is 17.9 Å². The zero-order valence-corrected chi connectivity index (χ0v) is 18.7. The molecule has 0 bridgehead atoms. The Morgan fingerprint density at radius 3 is 2.76 bits per heavy atom. The molecule has 1 fully saturated rings. The summed E-state index contributed by atoms with van der Waals surface area (Å²) in [7, 11) is -3.41. The van der Waals surface area contributed by atoms with Gasteiger partial charge in [0, 0.05) is 24.7 Å². The maximum absolute atomic E-state index is 12.7. The summed E-state index contributed by atoms with van der Waals surface area (Å²) < 4.78 is 33.1. The van der Waals surface area contributed by atoms with Gasteiger partial charge in [0.15, 0.2) is 0 Å². The van der Waals surface area contributed by atoms with Crippen LogP contribution in [0.25, 0.3) is 5.57 Å². The van der Waals surface area contributed by atoms with Crippen molar-refractivity contribution in [2.45, 2.75) is 71.6 Å². The summed E-state index contributed by atoms with van der Waals surface area (Å²) in [6, 6.07) is 4.94. The van der Waals surface area contributed by atoms with Gasteiger partial charge in [0.2, 0.25) is 10.0 Å². The number of ether oxygens (including phenoxy) is 1. The Morgan fingerprint density at radius 1 is 1.41 bits per heavy atom. The standard InChI is InChI=1S/C21H33N3O4S/c1-6-13-29(26,27)23-19-11-8-12-24(21(25)28-16(4)5)20(19)14-17-9-7-10-18(22-17)15(2)3/h7,9-10,16,19-20,23H,2,6,8,11-14H2,1,3-5H3/t19-,20-/m1/s1. The number of amides is 1. The molecule has 2 atom stereocenters. The van der Waals surface area contributed by atoms with Crippen LogP contribution in [0.3, 0.4) is 0 Å². The second-order valence-corrected chi connectivity index (χ2v) is 9.75. The second kappa shape index (κ2) is 10.2. The molecule has 1 N–H and O–H groups in total. The first-order valence-electron chi connectivity index (χ1n) is 10.2. The molecule has 1 amide bonds. The van der Waals surface area contributed by atoms with Crippen LogP contribution in [0, 0.1) is 0 Å². The lowest BCUT2D eigenvalue weighted by atomic mass is 9.93. The van der Waals surface area contributed by atoms with Crippen LogP contribution in [-0.4, -0.2) is 54.9 Å². The molecular weight excluding hydrogens is 390 g/mol. The van der Waals surface area contributed by atoms with E-state index < -0.39 is 16.1 Å². The number of carbonyl (C=O) groups excluding carboxylic acids is 1. The number of nitrogens with one attached hydrogen (secondary N) is 1. The molecule has 1 aromatic rings. The molecule has 2 heterocycles. The Balaban J connectivity index is 2.32. The Morgan fingerprint density at radius 2 is 2.14 bits per heavy atom. The number of hydrogen-bond donors (Lipinski definition) is 1. The normalized spacial score (nSPS) is 20.0. The first-order chi connectivity index (χ1) is 13.6. The van der Waals surface area contributed by atoms with E-state index >= 15 is 0 Å². The minimum absolute atomic E-state index is 0.0655. The van der Waals surface area contributed by atoms with Crippen molar-refractivity contribution >= 4 is 21.7 Å². The van der Waals surface area contributed by atoms with Crippen molar-refractivity contribution in [3.05, 3.63) is 36.2 Å². The lowest BCUT2D eigenvalue weighted by Gasteiger charge is -2.41. The van der Waals surface area contributed by atoms with E-state index in [0.717, 1.165) is 17.0 Å². The van der Waals surface area contributed by atoms with Gasteiger partial charge in [0.25, 0.3) is 0 Å². The van der Waals surface area contributed by atoms with E-state index in [2.05, 4.69) is 16.3 Å². The number of sulfonamides is 1. The van der Waals surface area contributed by atoms with E-state index in [1.165, 1.54) is 0 Å². The number of allylic oxidation sites excluding steroid dienone is 1. The molecule has 0 aliphatic carbocycles. The summed E-state index contributed by atoms with van der Waals surface area (Å²) in [5, 5.41) is 0. The minimum atomic E-state index is -3.41. The molecule has 162 valence electrons. The van der Waals surface area contributed by atoms with Gasteiger partial charge in [0.05, 0.1) is 23.6 Å². The maximum atomic E-state index is 12.7. The first-order valence-corrected chi connectivity index (χ1v) is 11.9. The van der Waals surface area contributed by atoms with Gasteiger partial charge in [-0.1, -0.05) is 19.6 Å². The number of likely N-dealkylation sites (tertiary alicyclic amines) is 1. The Kier molecular flexibility index (Phi) is 8.22. The van der Waals surface area contributed by atoms with Gasteiger partial charge < -0.3 is 9.64 Å². The third kappa shape index (κ3) is 6.82. The Hall–Kier alpha value is -1.93. The van der Waals surface area contributed by atoms with E-state index in [9.17, 15) is 13.2 Å². The molecule has 8 heteroatoms. The van der Waals surface area contributed by atoms with Crippen LogP contribution in [0.5, 0.6) is 0 Å². The predicted octanol–water partition coefficient (Wildman–Crippen LogP) is 3.36. The van der Waals surface area contributed by atoms with Gasteiger partial charge in [-0.05, 0) is 57.7 Å². The average molecular weight is 424 g/mol. The fraction of sp³-hybridized carbons (Fsp3) is 0.619. The van der Waals surface area contributed by atoms with Gasteiger partial charge >= 0.3 is 6.09 Å². The third-order valence-electron chi connectivity index (χ3n) is 4.82. The molecule has 1 aliphatic rings. The topological polar surface area (TPSA) is 88.6 Å². The highest BCUT2D eigenvalue weighted by molar-refractivity contribution is 7.89. The van der Waals surface area contributed by atoms with Crippen molar-refractivity contribution in [1.82, 2.24) is 14.6 Å². The molecule has 0 unspecified atom stereocenters. The monoisotopic (exact) mass is 423 g/mol. The van der Waals surface area contributed by atoms with E-state index in [4.69, 9.17) is 4.74 Å². The molecule has 1 saturated heterocycles. The van der Waals surface area contributed by atoms with E-state index in [-0.39, 0.29) is 23.9 Å². The van der Waals surface area contributed by atoms with Gasteiger partial charge in [-0.3, -0.25) is 4.98 Å². The molecule has 0 radical (unpaired) electrons. The molecule has 1 aliphatic heterocycles. The fourth-order valence-corrected chi connectivity index (χ4v) is 4.94.